The summed E-state index contributed by atoms with van der Waals surface area (Å²) in [5.41, 5.74) is 5.01. The number of hydrogen-bond donors (Lipinski definition) is 2. The number of nitrogens with one attached hydrogen (secondary N) is 2. The van der Waals surface area contributed by atoms with Crippen molar-refractivity contribution in [3.8, 4) is 22.5 Å². The molecule has 2 N–H and O–H groups in total. The number of nitrogens with zero attached hydrogens (tertiary/aromatic N) is 3. The summed E-state index contributed by atoms with van der Waals surface area (Å²) in [4.78, 5) is 8.87. The molecule has 0 amide bonds. The molecule has 7 heteroatoms. The molecule has 0 unspecified atom stereocenters. The summed E-state index contributed by atoms with van der Waals surface area (Å²) < 4.78 is 13.3. The highest BCUT2D eigenvalue weighted by molar-refractivity contribution is 6.33. The first-order chi connectivity index (χ1) is 13.6. The third-order valence-electron chi connectivity index (χ3n) is 4.30. The lowest BCUT2D eigenvalue weighted by Gasteiger charge is -2.10. The van der Waals surface area contributed by atoms with Crippen LogP contribution in [0, 0.1) is 12.7 Å². The van der Waals surface area contributed by atoms with Gasteiger partial charge in [0, 0.05) is 17.3 Å². The molecule has 2 aromatic heterocycles. The van der Waals surface area contributed by atoms with Crippen LogP contribution in [0.15, 0.2) is 60.8 Å². The number of anilines is 1. The quantitative estimate of drug-likeness (QED) is 0.486. The van der Waals surface area contributed by atoms with E-state index in [0.29, 0.717) is 28.8 Å². The Morgan fingerprint density at radius 3 is 2.71 bits per heavy atom. The van der Waals surface area contributed by atoms with Crippen molar-refractivity contribution >= 4 is 17.5 Å². The van der Waals surface area contributed by atoms with Gasteiger partial charge in [-0.25, -0.2) is 14.4 Å². The molecule has 140 valence electrons. The SMILES string of the molecule is Cc1cnc(NCc2cc(-c3ccccc3)n[nH]2)nc1-c1ccc(F)cc1Cl. The Hall–Kier alpha value is -3.25. The number of benzene rings is 2. The minimum Gasteiger partial charge on any atom is -0.349 e. The van der Waals surface area contributed by atoms with Gasteiger partial charge in [-0.3, -0.25) is 5.10 Å². The van der Waals surface area contributed by atoms with Gasteiger partial charge in [0.15, 0.2) is 0 Å². The highest BCUT2D eigenvalue weighted by atomic mass is 35.5. The molecule has 0 atom stereocenters. The standard InChI is InChI=1S/C21H17ClFN5/c1-13-11-24-21(26-20(13)17-8-7-15(23)9-18(17)22)25-12-16-10-19(28-27-16)14-5-3-2-4-6-14/h2-11H,12H2,1H3,(H,27,28)(H,24,25,26). The fourth-order valence-corrected chi connectivity index (χ4v) is 3.12. The largest absolute Gasteiger partial charge is 0.349 e. The Morgan fingerprint density at radius 1 is 1.11 bits per heavy atom. The van der Waals surface area contributed by atoms with Crippen molar-refractivity contribution < 1.29 is 4.39 Å². The van der Waals surface area contributed by atoms with Gasteiger partial charge in [0.05, 0.1) is 28.6 Å². The van der Waals surface area contributed by atoms with Crippen LogP contribution in [0.4, 0.5) is 10.3 Å². The zero-order valence-electron chi connectivity index (χ0n) is 15.1. The van der Waals surface area contributed by atoms with Crippen molar-refractivity contribution in [3.05, 3.63) is 82.9 Å². The van der Waals surface area contributed by atoms with E-state index in [2.05, 4.69) is 25.5 Å². The molecule has 28 heavy (non-hydrogen) atoms. The maximum absolute atomic E-state index is 13.3. The molecule has 0 aliphatic rings. The van der Waals surface area contributed by atoms with Gasteiger partial charge in [0.2, 0.25) is 5.95 Å². The molecular weight excluding hydrogens is 377 g/mol. The van der Waals surface area contributed by atoms with Crippen molar-refractivity contribution in [1.29, 1.82) is 0 Å². The summed E-state index contributed by atoms with van der Waals surface area (Å²) >= 11 is 6.19. The first kappa shape index (κ1) is 18.1. The molecular formula is C21H17ClFN5. The van der Waals surface area contributed by atoms with E-state index in [1.165, 1.54) is 12.1 Å². The number of hydrogen-bond acceptors (Lipinski definition) is 4. The molecule has 0 radical (unpaired) electrons. The summed E-state index contributed by atoms with van der Waals surface area (Å²) in [5.74, 6) is 0.0733. The molecule has 5 nitrogen and oxygen atoms in total. The molecule has 0 bridgehead atoms. The Balaban J connectivity index is 1.52. The second-order valence-electron chi connectivity index (χ2n) is 6.35. The lowest BCUT2D eigenvalue weighted by Crippen LogP contribution is -2.05. The van der Waals surface area contributed by atoms with Crippen molar-refractivity contribution in [2.24, 2.45) is 0 Å². The van der Waals surface area contributed by atoms with Crippen molar-refractivity contribution in [2.75, 3.05) is 5.32 Å². The van der Waals surface area contributed by atoms with Gasteiger partial charge in [-0.05, 0) is 36.8 Å². The van der Waals surface area contributed by atoms with E-state index in [0.717, 1.165) is 22.5 Å². The lowest BCUT2D eigenvalue weighted by atomic mass is 10.1. The monoisotopic (exact) mass is 393 g/mol. The van der Waals surface area contributed by atoms with Gasteiger partial charge in [0.25, 0.3) is 0 Å². The van der Waals surface area contributed by atoms with Crippen LogP contribution in [0.1, 0.15) is 11.3 Å². The molecule has 0 aliphatic carbocycles. The summed E-state index contributed by atoms with van der Waals surface area (Å²) in [7, 11) is 0. The predicted molar refractivity (Wildman–Crippen MR) is 109 cm³/mol. The smallest absolute Gasteiger partial charge is 0.223 e. The molecule has 0 saturated heterocycles. The van der Waals surface area contributed by atoms with Gasteiger partial charge in [-0.15, -0.1) is 0 Å². The fraction of sp³-hybridized carbons (Fsp3) is 0.0952. The first-order valence-corrected chi connectivity index (χ1v) is 9.10. The van der Waals surface area contributed by atoms with Crippen LogP contribution in [0.2, 0.25) is 5.02 Å². The van der Waals surface area contributed by atoms with Crippen LogP contribution >= 0.6 is 11.6 Å². The predicted octanol–water partition coefficient (Wildman–Crippen LogP) is 5.25. The van der Waals surface area contributed by atoms with Gasteiger partial charge >= 0.3 is 0 Å². The highest BCUT2D eigenvalue weighted by Gasteiger charge is 2.11. The lowest BCUT2D eigenvalue weighted by molar-refractivity contribution is 0.628. The third-order valence-corrected chi connectivity index (χ3v) is 4.61. The molecule has 0 saturated carbocycles. The van der Waals surface area contributed by atoms with E-state index in [1.54, 1.807) is 12.3 Å². The topological polar surface area (TPSA) is 66.5 Å². The van der Waals surface area contributed by atoms with Crippen LogP contribution in [-0.4, -0.2) is 20.2 Å². The number of aromatic amines is 1. The second-order valence-corrected chi connectivity index (χ2v) is 6.75. The van der Waals surface area contributed by atoms with E-state index in [-0.39, 0.29) is 5.82 Å². The Bertz CT molecular complexity index is 1110. The molecule has 2 heterocycles. The average molecular weight is 394 g/mol. The normalized spacial score (nSPS) is 10.8. The van der Waals surface area contributed by atoms with Gasteiger partial charge in [-0.2, -0.15) is 5.10 Å². The number of halogens is 2. The van der Waals surface area contributed by atoms with Crippen LogP contribution in [0.3, 0.4) is 0 Å². The minimum absolute atomic E-state index is 0.314. The van der Waals surface area contributed by atoms with Crippen LogP contribution in [0.25, 0.3) is 22.5 Å². The molecule has 4 aromatic rings. The highest BCUT2D eigenvalue weighted by Crippen LogP contribution is 2.29. The van der Waals surface area contributed by atoms with E-state index in [1.807, 2.05) is 43.3 Å². The molecule has 0 aliphatic heterocycles. The Labute approximate surface area is 166 Å². The van der Waals surface area contributed by atoms with Crippen LogP contribution in [-0.2, 0) is 6.54 Å². The summed E-state index contributed by atoms with van der Waals surface area (Å²) in [6.07, 6.45) is 1.71. The van der Waals surface area contributed by atoms with E-state index < -0.39 is 0 Å². The molecule has 2 aromatic carbocycles. The van der Waals surface area contributed by atoms with E-state index in [4.69, 9.17) is 11.6 Å². The van der Waals surface area contributed by atoms with Crippen molar-refractivity contribution in [3.63, 3.8) is 0 Å². The van der Waals surface area contributed by atoms with Gasteiger partial charge < -0.3 is 5.32 Å². The molecule has 4 rings (SSSR count). The Kier molecular flexibility index (Phi) is 5.04. The average Bonchev–Trinajstić information content (AvgIpc) is 3.18. The Morgan fingerprint density at radius 2 is 1.93 bits per heavy atom. The van der Waals surface area contributed by atoms with E-state index in [9.17, 15) is 4.39 Å². The molecule has 0 fully saturated rings. The van der Waals surface area contributed by atoms with Gasteiger partial charge in [0.1, 0.15) is 5.82 Å². The minimum atomic E-state index is -0.382. The fourth-order valence-electron chi connectivity index (χ4n) is 2.86. The summed E-state index contributed by atoms with van der Waals surface area (Å²) in [6, 6.07) is 16.2. The number of aromatic nitrogens is 4. The van der Waals surface area contributed by atoms with Gasteiger partial charge in [-0.1, -0.05) is 41.9 Å². The summed E-state index contributed by atoms with van der Waals surface area (Å²) in [5, 5.41) is 10.9. The van der Waals surface area contributed by atoms with Crippen molar-refractivity contribution in [2.45, 2.75) is 13.5 Å². The second kappa shape index (κ2) is 7.78. The zero-order valence-corrected chi connectivity index (χ0v) is 15.8. The maximum Gasteiger partial charge on any atom is 0.223 e. The summed E-state index contributed by atoms with van der Waals surface area (Å²) in [6.45, 7) is 2.37. The van der Waals surface area contributed by atoms with Crippen LogP contribution in [0.5, 0.6) is 0 Å². The zero-order chi connectivity index (χ0) is 19.5. The third kappa shape index (κ3) is 3.87. The first-order valence-electron chi connectivity index (χ1n) is 8.73. The molecule has 0 spiro atoms. The number of aryl methyl sites for hydroxylation is 1. The maximum atomic E-state index is 13.3. The number of rotatable bonds is 5. The van der Waals surface area contributed by atoms with Crippen LogP contribution < -0.4 is 5.32 Å². The van der Waals surface area contributed by atoms with Crippen molar-refractivity contribution in [1.82, 2.24) is 20.2 Å². The van der Waals surface area contributed by atoms with E-state index >= 15 is 0 Å². The number of H-pyrrole nitrogens is 1.